The number of ether oxygens (including phenoxy) is 3. The third-order valence-electron chi connectivity index (χ3n) is 4.56. The molecule has 0 spiro atoms. The van der Waals surface area contributed by atoms with Crippen molar-refractivity contribution in [2.75, 3.05) is 25.6 Å². The van der Waals surface area contributed by atoms with Crippen LogP contribution in [0.5, 0.6) is 17.2 Å². The van der Waals surface area contributed by atoms with Gasteiger partial charge in [0.05, 0.1) is 6.61 Å². The highest BCUT2D eigenvalue weighted by Crippen LogP contribution is 2.36. The third kappa shape index (κ3) is 6.13. The highest BCUT2D eigenvalue weighted by molar-refractivity contribution is 5.83. The van der Waals surface area contributed by atoms with Crippen LogP contribution in [0.3, 0.4) is 0 Å². The van der Waals surface area contributed by atoms with E-state index in [2.05, 4.69) is 49.9 Å². The highest BCUT2D eigenvalue weighted by Gasteiger charge is 2.25. The molecule has 0 aliphatic carbocycles. The van der Waals surface area contributed by atoms with Crippen molar-refractivity contribution in [2.24, 2.45) is 5.41 Å². The van der Waals surface area contributed by atoms with Crippen molar-refractivity contribution in [3.63, 3.8) is 0 Å². The molecular weight excluding hydrogens is 378 g/mol. The van der Waals surface area contributed by atoms with E-state index in [1.807, 2.05) is 36.5 Å². The predicted molar refractivity (Wildman–Crippen MR) is 122 cm³/mol. The van der Waals surface area contributed by atoms with E-state index in [1.54, 1.807) is 13.3 Å². The fourth-order valence-electron chi connectivity index (χ4n) is 3.87. The first-order valence-corrected chi connectivity index (χ1v) is 10.3. The third-order valence-corrected chi connectivity index (χ3v) is 4.56. The Morgan fingerprint density at radius 2 is 1.80 bits per heavy atom. The maximum atomic E-state index is 6.21. The first-order chi connectivity index (χ1) is 14.1. The van der Waals surface area contributed by atoms with Crippen molar-refractivity contribution in [1.29, 1.82) is 0 Å². The van der Waals surface area contributed by atoms with Crippen LogP contribution >= 0.6 is 0 Å². The van der Waals surface area contributed by atoms with Gasteiger partial charge in [-0.1, -0.05) is 20.8 Å². The van der Waals surface area contributed by atoms with E-state index in [4.69, 9.17) is 14.2 Å². The Balaban J connectivity index is 1.81. The van der Waals surface area contributed by atoms with Gasteiger partial charge < -0.3 is 24.5 Å². The minimum absolute atomic E-state index is 0.0949. The molecule has 0 fully saturated rings. The largest absolute Gasteiger partial charge is 0.487 e. The molecule has 0 aliphatic heterocycles. The molecule has 1 aromatic carbocycles. The molecule has 0 aliphatic rings. The molecule has 0 bridgehead atoms. The van der Waals surface area contributed by atoms with Gasteiger partial charge in [-0.25, -0.2) is 4.98 Å². The fraction of sp³-hybridized carbons (Fsp3) is 0.458. The Kier molecular flexibility index (Phi) is 6.56. The Morgan fingerprint density at radius 3 is 2.53 bits per heavy atom. The molecule has 0 saturated heterocycles. The van der Waals surface area contributed by atoms with E-state index < -0.39 is 0 Å². The van der Waals surface area contributed by atoms with Crippen molar-refractivity contribution in [3.05, 3.63) is 42.7 Å². The van der Waals surface area contributed by atoms with Gasteiger partial charge in [-0.3, -0.25) is 0 Å². The molecule has 0 unspecified atom stereocenters. The number of hydrogen-bond donors (Lipinski definition) is 2. The van der Waals surface area contributed by atoms with Crippen molar-refractivity contribution >= 4 is 16.7 Å². The smallest absolute Gasteiger partial charge is 0.170 e. The SMILES string of the molecule is COCCOc1cc2[nH]ccc2cc1Oc1ccnc(NC(C)(C)CC(C)(C)C)c1. The molecule has 2 N–H and O–H groups in total. The summed E-state index contributed by atoms with van der Waals surface area (Å²) in [6, 6.07) is 9.71. The predicted octanol–water partition coefficient (Wildman–Crippen LogP) is 6.01. The van der Waals surface area contributed by atoms with Gasteiger partial charge in [0.15, 0.2) is 11.5 Å². The zero-order valence-electron chi connectivity index (χ0n) is 18.8. The lowest BCUT2D eigenvalue weighted by molar-refractivity contribution is 0.145. The topological polar surface area (TPSA) is 68.4 Å². The molecule has 2 aromatic heterocycles. The van der Waals surface area contributed by atoms with Crippen LogP contribution in [0.1, 0.15) is 41.0 Å². The summed E-state index contributed by atoms with van der Waals surface area (Å²) in [6.07, 6.45) is 4.67. The minimum Gasteiger partial charge on any atom is -0.487 e. The van der Waals surface area contributed by atoms with E-state index in [-0.39, 0.29) is 11.0 Å². The first-order valence-electron chi connectivity index (χ1n) is 10.3. The van der Waals surface area contributed by atoms with Gasteiger partial charge in [-0.15, -0.1) is 0 Å². The number of methoxy groups -OCH3 is 1. The van der Waals surface area contributed by atoms with Crippen LogP contribution < -0.4 is 14.8 Å². The number of anilines is 1. The second-order valence-electron chi connectivity index (χ2n) is 9.43. The molecule has 6 nitrogen and oxygen atoms in total. The Bertz CT molecular complexity index is 973. The highest BCUT2D eigenvalue weighted by atomic mass is 16.5. The van der Waals surface area contributed by atoms with Crippen LogP contribution in [0.2, 0.25) is 0 Å². The summed E-state index contributed by atoms with van der Waals surface area (Å²) >= 11 is 0. The van der Waals surface area contributed by atoms with Crippen molar-refractivity contribution in [2.45, 2.75) is 46.6 Å². The summed E-state index contributed by atoms with van der Waals surface area (Å²) in [6.45, 7) is 12.1. The number of benzene rings is 1. The summed E-state index contributed by atoms with van der Waals surface area (Å²) in [5.41, 5.74) is 1.11. The summed E-state index contributed by atoms with van der Waals surface area (Å²) in [7, 11) is 1.65. The van der Waals surface area contributed by atoms with Crippen molar-refractivity contribution < 1.29 is 14.2 Å². The normalized spacial score (nSPS) is 12.2. The molecule has 0 atom stereocenters. The summed E-state index contributed by atoms with van der Waals surface area (Å²) < 4.78 is 17.2. The van der Waals surface area contributed by atoms with Crippen LogP contribution in [0.25, 0.3) is 10.9 Å². The molecule has 0 saturated carbocycles. The van der Waals surface area contributed by atoms with Crippen LogP contribution in [0.15, 0.2) is 42.7 Å². The van der Waals surface area contributed by atoms with Gasteiger partial charge in [-0.05, 0) is 43.9 Å². The van der Waals surface area contributed by atoms with Gasteiger partial charge in [0.1, 0.15) is 18.2 Å². The number of aromatic nitrogens is 2. The van der Waals surface area contributed by atoms with Crippen LogP contribution in [0, 0.1) is 5.41 Å². The number of fused-ring (bicyclic) bond motifs is 1. The van der Waals surface area contributed by atoms with Gasteiger partial charge in [-0.2, -0.15) is 0 Å². The summed E-state index contributed by atoms with van der Waals surface area (Å²) in [4.78, 5) is 7.69. The van der Waals surface area contributed by atoms with Gasteiger partial charge in [0, 0.05) is 48.1 Å². The molecule has 0 radical (unpaired) electrons. The number of rotatable bonds is 9. The first kappa shape index (κ1) is 22.0. The average molecular weight is 412 g/mol. The molecule has 30 heavy (non-hydrogen) atoms. The Morgan fingerprint density at radius 1 is 1.00 bits per heavy atom. The van der Waals surface area contributed by atoms with E-state index >= 15 is 0 Å². The van der Waals surface area contributed by atoms with Gasteiger partial charge in [0.2, 0.25) is 0 Å². The zero-order valence-corrected chi connectivity index (χ0v) is 18.8. The number of aromatic amines is 1. The second kappa shape index (κ2) is 8.96. The van der Waals surface area contributed by atoms with Crippen LogP contribution in [0.4, 0.5) is 5.82 Å². The van der Waals surface area contributed by atoms with E-state index in [0.29, 0.717) is 30.5 Å². The summed E-state index contributed by atoms with van der Waals surface area (Å²) in [5, 5.41) is 4.60. The molecule has 162 valence electrons. The molecule has 0 amide bonds. The Labute approximate surface area is 179 Å². The van der Waals surface area contributed by atoms with E-state index in [1.165, 1.54) is 0 Å². The molecule has 6 heteroatoms. The summed E-state index contributed by atoms with van der Waals surface area (Å²) in [5.74, 6) is 2.81. The number of hydrogen-bond acceptors (Lipinski definition) is 5. The monoisotopic (exact) mass is 411 g/mol. The van der Waals surface area contributed by atoms with Gasteiger partial charge >= 0.3 is 0 Å². The van der Waals surface area contributed by atoms with Crippen LogP contribution in [-0.4, -0.2) is 35.8 Å². The maximum Gasteiger partial charge on any atom is 0.170 e. The van der Waals surface area contributed by atoms with Crippen molar-refractivity contribution in [3.8, 4) is 17.2 Å². The Hall–Kier alpha value is -2.73. The number of nitrogens with zero attached hydrogens (tertiary/aromatic N) is 1. The van der Waals surface area contributed by atoms with Gasteiger partial charge in [0.25, 0.3) is 0 Å². The second-order valence-corrected chi connectivity index (χ2v) is 9.43. The zero-order chi connectivity index (χ0) is 21.8. The molecular formula is C24H33N3O3. The van der Waals surface area contributed by atoms with Crippen LogP contribution in [-0.2, 0) is 4.74 Å². The minimum atomic E-state index is -0.0949. The molecule has 2 heterocycles. The van der Waals surface area contributed by atoms with Crippen molar-refractivity contribution in [1.82, 2.24) is 9.97 Å². The van der Waals surface area contributed by atoms with E-state index in [0.717, 1.165) is 23.1 Å². The lowest BCUT2D eigenvalue weighted by Gasteiger charge is -2.33. The molecule has 3 aromatic rings. The fourth-order valence-corrected chi connectivity index (χ4v) is 3.87. The maximum absolute atomic E-state index is 6.21. The number of pyridine rings is 1. The standard InChI is InChI=1S/C24H33N3O3/c1-23(2,3)16-24(4,5)27-22-14-18(8-10-26-22)30-21-13-17-7-9-25-19(17)15-20(21)29-12-11-28-6/h7-10,13-15,25H,11-12,16H2,1-6H3,(H,26,27). The number of nitrogens with one attached hydrogen (secondary N) is 2. The average Bonchev–Trinajstić information content (AvgIpc) is 3.07. The molecule has 3 rings (SSSR count). The lowest BCUT2D eigenvalue weighted by atomic mass is 9.82. The number of H-pyrrole nitrogens is 1. The quantitative estimate of drug-likeness (QED) is 0.422. The van der Waals surface area contributed by atoms with E-state index in [9.17, 15) is 0 Å². The lowest BCUT2D eigenvalue weighted by Crippen LogP contribution is -2.35.